The van der Waals surface area contributed by atoms with Crippen molar-refractivity contribution in [2.75, 3.05) is 7.05 Å². The topological polar surface area (TPSA) is 27.0 Å². The third-order valence-corrected chi connectivity index (χ3v) is 5.51. The minimum atomic E-state index is 0.186. The maximum Gasteiger partial charge on any atom is 0.0672 e. The van der Waals surface area contributed by atoms with Crippen LogP contribution in [0, 0.1) is 23.2 Å². The van der Waals surface area contributed by atoms with Crippen LogP contribution in [0.5, 0.6) is 0 Å². The monoisotopic (exact) mass is 348 g/mol. The van der Waals surface area contributed by atoms with Crippen LogP contribution in [0.2, 0.25) is 0 Å². The molecule has 2 rings (SSSR count). The molecule has 3 atom stereocenters. The predicted molar refractivity (Wildman–Crippen MR) is 90.7 cm³/mol. The average molecular weight is 349 g/mol. The number of benzene rings is 1. The molecule has 0 aliphatic heterocycles. The molecule has 0 aromatic heterocycles. The Labute approximate surface area is 137 Å². The third-order valence-electron chi connectivity index (χ3n) is 4.73. The molecule has 0 spiro atoms. The lowest BCUT2D eigenvalue weighted by atomic mass is 9.76. The van der Waals surface area contributed by atoms with Gasteiger partial charge in [-0.2, -0.15) is 5.26 Å². The first-order valence-corrected chi connectivity index (χ1v) is 8.78. The molecule has 1 aromatic carbocycles. The van der Waals surface area contributed by atoms with E-state index >= 15 is 0 Å². The second kappa shape index (κ2) is 7.96. The summed E-state index contributed by atoms with van der Waals surface area (Å²) in [5, 5.41) is 9.46. The van der Waals surface area contributed by atoms with Crippen LogP contribution in [0.4, 0.5) is 0 Å². The molecular formula is C18H25BrN2. The Bertz CT molecular complexity index is 494. The Morgan fingerprint density at radius 2 is 2.10 bits per heavy atom. The minimum Gasteiger partial charge on any atom is -0.298 e. The number of hydrogen-bond acceptors (Lipinski definition) is 2. The fourth-order valence-corrected chi connectivity index (χ4v) is 3.96. The van der Waals surface area contributed by atoms with Crippen LogP contribution in [0.15, 0.2) is 28.7 Å². The van der Waals surface area contributed by atoms with Gasteiger partial charge in [-0.25, -0.2) is 0 Å². The molecule has 1 aliphatic carbocycles. The van der Waals surface area contributed by atoms with Gasteiger partial charge in [-0.1, -0.05) is 53.9 Å². The molecule has 3 unspecified atom stereocenters. The Balaban J connectivity index is 2.06. The predicted octanol–water partition coefficient (Wildman–Crippen LogP) is 4.99. The second-order valence-electron chi connectivity index (χ2n) is 6.28. The molecule has 1 aromatic rings. The van der Waals surface area contributed by atoms with Gasteiger partial charge in [0, 0.05) is 17.1 Å². The van der Waals surface area contributed by atoms with E-state index in [1.165, 1.54) is 31.2 Å². The molecule has 1 saturated carbocycles. The van der Waals surface area contributed by atoms with Crippen molar-refractivity contribution in [1.82, 2.24) is 4.90 Å². The highest BCUT2D eigenvalue weighted by Gasteiger charge is 2.32. The number of halogens is 1. The van der Waals surface area contributed by atoms with Gasteiger partial charge in [0.1, 0.15) is 0 Å². The summed E-state index contributed by atoms with van der Waals surface area (Å²) in [6, 6.07) is 11.3. The van der Waals surface area contributed by atoms with Crippen molar-refractivity contribution in [3.8, 4) is 6.07 Å². The van der Waals surface area contributed by atoms with Gasteiger partial charge in [-0.15, -0.1) is 0 Å². The molecular weight excluding hydrogens is 324 g/mol. The largest absolute Gasteiger partial charge is 0.298 e. The smallest absolute Gasteiger partial charge is 0.0672 e. The fourth-order valence-electron chi connectivity index (χ4n) is 3.55. The third kappa shape index (κ3) is 4.31. The minimum absolute atomic E-state index is 0.186. The summed E-state index contributed by atoms with van der Waals surface area (Å²) in [6.45, 7) is 3.17. The van der Waals surface area contributed by atoms with Crippen molar-refractivity contribution in [3.63, 3.8) is 0 Å². The maximum absolute atomic E-state index is 9.46. The van der Waals surface area contributed by atoms with Gasteiger partial charge in [0.25, 0.3) is 0 Å². The van der Waals surface area contributed by atoms with Gasteiger partial charge in [0.2, 0.25) is 0 Å². The van der Waals surface area contributed by atoms with Crippen molar-refractivity contribution >= 4 is 15.9 Å². The van der Waals surface area contributed by atoms with Crippen molar-refractivity contribution in [2.24, 2.45) is 11.8 Å². The lowest BCUT2D eigenvalue weighted by molar-refractivity contribution is 0.115. The van der Waals surface area contributed by atoms with Gasteiger partial charge >= 0.3 is 0 Å². The molecule has 21 heavy (non-hydrogen) atoms. The van der Waals surface area contributed by atoms with Crippen molar-refractivity contribution in [1.29, 1.82) is 5.26 Å². The van der Waals surface area contributed by atoms with E-state index in [9.17, 15) is 5.26 Å². The molecule has 0 bridgehead atoms. The second-order valence-corrected chi connectivity index (χ2v) is 7.13. The zero-order valence-electron chi connectivity index (χ0n) is 13.1. The zero-order valence-corrected chi connectivity index (χ0v) is 14.6. The lowest BCUT2D eigenvalue weighted by Crippen LogP contribution is -2.41. The van der Waals surface area contributed by atoms with E-state index in [1.807, 2.05) is 6.07 Å². The number of hydrogen-bond donors (Lipinski definition) is 0. The highest BCUT2D eigenvalue weighted by Crippen LogP contribution is 2.35. The van der Waals surface area contributed by atoms with Crippen LogP contribution in [0.1, 0.15) is 44.6 Å². The van der Waals surface area contributed by atoms with E-state index in [0.29, 0.717) is 6.04 Å². The van der Waals surface area contributed by atoms with Gasteiger partial charge in [0.05, 0.1) is 12.0 Å². The average Bonchev–Trinajstić information content (AvgIpc) is 2.50. The molecule has 1 fully saturated rings. The van der Waals surface area contributed by atoms with Crippen molar-refractivity contribution < 1.29 is 0 Å². The lowest BCUT2D eigenvalue weighted by Gasteiger charge is -2.38. The fraction of sp³-hybridized carbons (Fsp3) is 0.611. The quantitative estimate of drug-likeness (QED) is 0.749. The Morgan fingerprint density at radius 1 is 1.33 bits per heavy atom. The summed E-state index contributed by atoms with van der Waals surface area (Å²) in [4.78, 5) is 2.38. The molecule has 0 radical (unpaired) electrons. The summed E-state index contributed by atoms with van der Waals surface area (Å²) < 4.78 is 1.16. The zero-order chi connectivity index (χ0) is 15.2. The van der Waals surface area contributed by atoms with E-state index in [1.54, 1.807) is 0 Å². The SMILES string of the molecule is CCCC1CCC(C#N)C(N(C)Cc2ccccc2Br)C1. The van der Waals surface area contributed by atoms with E-state index in [4.69, 9.17) is 0 Å². The van der Waals surface area contributed by atoms with E-state index in [2.05, 4.69) is 59.1 Å². The molecule has 3 heteroatoms. The Kier molecular flexibility index (Phi) is 6.26. The summed E-state index contributed by atoms with van der Waals surface area (Å²) in [7, 11) is 2.17. The van der Waals surface area contributed by atoms with Crippen LogP contribution in [-0.4, -0.2) is 18.0 Å². The normalized spacial score (nSPS) is 25.8. The van der Waals surface area contributed by atoms with Crippen molar-refractivity contribution in [2.45, 2.75) is 51.6 Å². The van der Waals surface area contributed by atoms with Crippen LogP contribution in [0.25, 0.3) is 0 Å². The summed E-state index contributed by atoms with van der Waals surface area (Å²) in [5.74, 6) is 0.983. The molecule has 0 N–H and O–H groups in total. The summed E-state index contributed by atoms with van der Waals surface area (Å²) >= 11 is 3.63. The van der Waals surface area contributed by atoms with Gasteiger partial charge < -0.3 is 0 Å². The highest BCUT2D eigenvalue weighted by molar-refractivity contribution is 9.10. The molecule has 0 heterocycles. The van der Waals surface area contributed by atoms with Gasteiger partial charge in [-0.05, 0) is 43.9 Å². The Morgan fingerprint density at radius 3 is 2.76 bits per heavy atom. The maximum atomic E-state index is 9.46. The highest BCUT2D eigenvalue weighted by atomic mass is 79.9. The number of nitrogens with zero attached hydrogens (tertiary/aromatic N) is 2. The summed E-state index contributed by atoms with van der Waals surface area (Å²) in [5.41, 5.74) is 1.30. The number of rotatable bonds is 5. The van der Waals surface area contributed by atoms with Crippen molar-refractivity contribution in [3.05, 3.63) is 34.3 Å². The molecule has 114 valence electrons. The standard InChI is InChI=1S/C18H25BrN2/c1-3-6-14-9-10-15(12-20)18(11-14)21(2)13-16-7-4-5-8-17(16)19/h4-5,7-8,14-15,18H,3,6,9-11,13H2,1-2H3. The van der Waals surface area contributed by atoms with Crippen LogP contribution >= 0.6 is 15.9 Å². The van der Waals surface area contributed by atoms with E-state index in [0.717, 1.165) is 23.4 Å². The van der Waals surface area contributed by atoms with E-state index in [-0.39, 0.29) is 5.92 Å². The van der Waals surface area contributed by atoms with Crippen LogP contribution < -0.4 is 0 Å². The van der Waals surface area contributed by atoms with Gasteiger partial charge in [-0.3, -0.25) is 4.90 Å². The number of nitriles is 1. The van der Waals surface area contributed by atoms with E-state index < -0.39 is 0 Å². The molecule has 2 nitrogen and oxygen atoms in total. The first-order chi connectivity index (χ1) is 10.2. The summed E-state index contributed by atoms with van der Waals surface area (Å²) in [6.07, 6.45) is 6.02. The first-order valence-electron chi connectivity index (χ1n) is 7.99. The molecule has 0 saturated heterocycles. The molecule has 0 amide bonds. The van der Waals surface area contributed by atoms with Crippen LogP contribution in [0.3, 0.4) is 0 Å². The Hall–Kier alpha value is -0.850. The van der Waals surface area contributed by atoms with Gasteiger partial charge in [0.15, 0.2) is 0 Å². The first kappa shape index (κ1) is 16.5. The van der Waals surface area contributed by atoms with Crippen LogP contribution in [-0.2, 0) is 6.54 Å². The molecule has 1 aliphatic rings.